The number of carbonyl (C=O) groups excluding carboxylic acids is 2. The number of urea groups is 1. The van der Waals surface area contributed by atoms with E-state index in [2.05, 4.69) is 16.0 Å². The van der Waals surface area contributed by atoms with Crippen molar-refractivity contribution in [2.24, 2.45) is 5.92 Å². The minimum Gasteiger partial charge on any atom is -0.350 e. The summed E-state index contributed by atoms with van der Waals surface area (Å²) in [6.45, 7) is 4.23. The molecule has 0 heterocycles. The summed E-state index contributed by atoms with van der Waals surface area (Å²) >= 11 is 0. The first kappa shape index (κ1) is 17.5. The standard InChI is InChI=1S/C19H23N3O2/c1-14(2)17(18(23)20-13-15-9-5-3-6-10-15)22-19(24)21-16-11-7-4-8-12-16/h3-12,14,17H,13H2,1-2H3,(H,20,23)(H2,21,22,24)/t17-/m1/s1. The van der Waals surface area contributed by atoms with Crippen molar-refractivity contribution < 1.29 is 9.59 Å². The molecule has 2 rings (SSSR count). The molecule has 0 aliphatic carbocycles. The van der Waals surface area contributed by atoms with Crippen LogP contribution in [0.3, 0.4) is 0 Å². The summed E-state index contributed by atoms with van der Waals surface area (Å²) < 4.78 is 0. The minimum atomic E-state index is -0.600. The average molecular weight is 325 g/mol. The lowest BCUT2D eigenvalue weighted by molar-refractivity contribution is -0.124. The molecule has 2 aromatic rings. The maximum Gasteiger partial charge on any atom is 0.319 e. The van der Waals surface area contributed by atoms with E-state index in [4.69, 9.17) is 0 Å². The zero-order chi connectivity index (χ0) is 17.4. The molecule has 0 aliphatic rings. The summed E-state index contributed by atoms with van der Waals surface area (Å²) in [5.74, 6) is -0.223. The van der Waals surface area contributed by atoms with Gasteiger partial charge in [0.25, 0.3) is 0 Å². The number of nitrogens with one attached hydrogen (secondary N) is 3. The third kappa shape index (κ3) is 5.43. The van der Waals surface area contributed by atoms with Gasteiger partial charge in [-0.3, -0.25) is 4.79 Å². The van der Waals surface area contributed by atoms with Crippen LogP contribution in [0.15, 0.2) is 60.7 Å². The zero-order valence-electron chi connectivity index (χ0n) is 14.0. The van der Waals surface area contributed by atoms with Crippen LogP contribution >= 0.6 is 0 Å². The highest BCUT2D eigenvalue weighted by molar-refractivity contribution is 5.93. The molecule has 0 fully saturated rings. The fourth-order valence-electron chi connectivity index (χ4n) is 2.26. The van der Waals surface area contributed by atoms with Gasteiger partial charge in [0.2, 0.25) is 5.91 Å². The van der Waals surface area contributed by atoms with Gasteiger partial charge in [0.15, 0.2) is 0 Å². The molecule has 3 N–H and O–H groups in total. The van der Waals surface area contributed by atoms with Gasteiger partial charge in [-0.2, -0.15) is 0 Å². The molecule has 0 aliphatic heterocycles. The van der Waals surface area contributed by atoms with Crippen LogP contribution in [0.5, 0.6) is 0 Å². The van der Waals surface area contributed by atoms with Crippen LogP contribution in [-0.2, 0) is 11.3 Å². The normalized spacial score (nSPS) is 11.6. The van der Waals surface area contributed by atoms with Gasteiger partial charge in [0.1, 0.15) is 6.04 Å². The third-order valence-corrected chi connectivity index (χ3v) is 3.58. The van der Waals surface area contributed by atoms with Crippen LogP contribution in [0.25, 0.3) is 0 Å². The van der Waals surface area contributed by atoms with E-state index < -0.39 is 12.1 Å². The van der Waals surface area contributed by atoms with Gasteiger partial charge in [-0.05, 0) is 23.6 Å². The Labute approximate surface area is 142 Å². The Hall–Kier alpha value is -2.82. The third-order valence-electron chi connectivity index (χ3n) is 3.58. The summed E-state index contributed by atoms with van der Waals surface area (Å²) in [5.41, 5.74) is 1.70. The molecule has 0 radical (unpaired) electrons. The Morgan fingerprint density at radius 3 is 2.08 bits per heavy atom. The van der Waals surface area contributed by atoms with E-state index in [0.717, 1.165) is 5.56 Å². The number of hydrogen-bond acceptors (Lipinski definition) is 2. The van der Waals surface area contributed by atoms with E-state index in [0.29, 0.717) is 12.2 Å². The smallest absolute Gasteiger partial charge is 0.319 e. The molecule has 0 spiro atoms. The van der Waals surface area contributed by atoms with Crippen LogP contribution in [0.2, 0.25) is 0 Å². The molecule has 5 heteroatoms. The summed E-state index contributed by atoms with van der Waals surface area (Å²) in [7, 11) is 0. The first-order valence-corrected chi connectivity index (χ1v) is 8.00. The quantitative estimate of drug-likeness (QED) is 0.763. The second kappa shape index (κ2) is 8.72. The van der Waals surface area contributed by atoms with E-state index in [-0.39, 0.29) is 11.8 Å². The van der Waals surface area contributed by atoms with Crippen molar-refractivity contribution in [1.29, 1.82) is 0 Å². The van der Waals surface area contributed by atoms with Crippen molar-refractivity contribution in [3.8, 4) is 0 Å². The number of benzene rings is 2. The molecule has 1 atom stereocenters. The maximum atomic E-state index is 12.4. The molecule has 3 amide bonds. The fourth-order valence-corrected chi connectivity index (χ4v) is 2.26. The van der Waals surface area contributed by atoms with Gasteiger partial charge in [-0.25, -0.2) is 4.79 Å². The van der Waals surface area contributed by atoms with E-state index in [9.17, 15) is 9.59 Å². The highest BCUT2D eigenvalue weighted by Crippen LogP contribution is 2.07. The maximum absolute atomic E-state index is 12.4. The average Bonchev–Trinajstić information content (AvgIpc) is 2.59. The van der Waals surface area contributed by atoms with E-state index in [1.165, 1.54) is 0 Å². The SMILES string of the molecule is CC(C)[C@@H](NC(=O)Nc1ccccc1)C(=O)NCc1ccccc1. The van der Waals surface area contributed by atoms with Gasteiger partial charge < -0.3 is 16.0 Å². The first-order valence-electron chi connectivity index (χ1n) is 8.00. The number of para-hydroxylation sites is 1. The summed E-state index contributed by atoms with van der Waals surface area (Å²) in [6, 6.07) is 17.8. The lowest BCUT2D eigenvalue weighted by Crippen LogP contribution is -2.50. The molecular weight excluding hydrogens is 302 g/mol. The largest absolute Gasteiger partial charge is 0.350 e. The second-order valence-electron chi connectivity index (χ2n) is 5.89. The summed E-state index contributed by atoms with van der Waals surface area (Å²) in [5, 5.41) is 8.33. The molecule has 24 heavy (non-hydrogen) atoms. The lowest BCUT2D eigenvalue weighted by atomic mass is 10.0. The molecule has 0 aromatic heterocycles. The van der Waals surface area contributed by atoms with Crippen LogP contribution in [0.4, 0.5) is 10.5 Å². The molecule has 0 bridgehead atoms. The summed E-state index contributed by atoms with van der Waals surface area (Å²) in [4.78, 5) is 24.5. The van der Waals surface area contributed by atoms with E-state index >= 15 is 0 Å². The van der Waals surface area contributed by atoms with Crippen molar-refractivity contribution in [2.75, 3.05) is 5.32 Å². The highest BCUT2D eigenvalue weighted by Gasteiger charge is 2.23. The highest BCUT2D eigenvalue weighted by atomic mass is 16.2. The number of hydrogen-bond donors (Lipinski definition) is 3. The molecule has 0 saturated heterocycles. The number of carbonyl (C=O) groups is 2. The van der Waals surface area contributed by atoms with Gasteiger partial charge in [-0.15, -0.1) is 0 Å². The van der Waals surface area contributed by atoms with Crippen LogP contribution in [0, 0.1) is 5.92 Å². The van der Waals surface area contributed by atoms with Crippen molar-refractivity contribution >= 4 is 17.6 Å². The van der Waals surface area contributed by atoms with Crippen LogP contribution < -0.4 is 16.0 Å². The van der Waals surface area contributed by atoms with Crippen molar-refractivity contribution in [1.82, 2.24) is 10.6 Å². The Morgan fingerprint density at radius 1 is 0.917 bits per heavy atom. The molecule has 0 unspecified atom stereocenters. The van der Waals surface area contributed by atoms with E-state index in [1.807, 2.05) is 62.4 Å². The fraction of sp³-hybridized carbons (Fsp3) is 0.263. The van der Waals surface area contributed by atoms with Crippen molar-refractivity contribution in [3.05, 3.63) is 66.2 Å². The number of rotatable bonds is 6. The first-order chi connectivity index (χ1) is 11.6. The predicted octanol–water partition coefficient (Wildman–Crippen LogP) is 3.15. The lowest BCUT2D eigenvalue weighted by Gasteiger charge is -2.22. The van der Waals surface area contributed by atoms with Gasteiger partial charge >= 0.3 is 6.03 Å². The Morgan fingerprint density at radius 2 is 1.50 bits per heavy atom. The Kier molecular flexibility index (Phi) is 6.37. The van der Waals surface area contributed by atoms with Crippen molar-refractivity contribution in [2.45, 2.75) is 26.4 Å². The van der Waals surface area contributed by atoms with Gasteiger partial charge in [-0.1, -0.05) is 62.4 Å². The second-order valence-corrected chi connectivity index (χ2v) is 5.89. The topological polar surface area (TPSA) is 70.2 Å². The van der Waals surface area contributed by atoms with Gasteiger partial charge in [0, 0.05) is 12.2 Å². The van der Waals surface area contributed by atoms with Crippen LogP contribution in [0.1, 0.15) is 19.4 Å². The molecule has 2 aromatic carbocycles. The van der Waals surface area contributed by atoms with Crippen molar-refractivity contribution in [3.63, 3.8) is 0 Å². The molecule has 0 saturated carbocycles. The number of anilines is 1. The minimum absolute atomic E-state index is 0.0257. The monoisotopic (exact) mass is 325 g/mol. The van der Waals surface area contributed by atoms with Gasteiger partial charge in [0.05, 0.1) is 0 Å². The number of amides is 3. The summed E-state index contributed by atoms with van der Waals surface area (Å²) in [6.07, 6.45) is 0. The molecular formula is C19H23N3O2. The molecule has 126 valence electrons. The predicted molar refractivity (Wildman–Crippen MR) is 95.5 cm³/mol. The molecule has 5 nitrogen and oxygen atoms in total. The zero-order valence-corrected chi connectivity index (χ0v) is 14.0. The Bertz CT molecular complexity index is 657. The van der Waals surface area contributed by atoms with Crippen LogP contribution in [-0.4, -0.2) is 18.0 Å². The Balaban J connectivity index is 1.90. The van der Waals surface area contributed by atoms with E-state index in [1.54, 1.807) is 12.1 Å².